The average molecular weight is 492 g/mol. The smallest absolute Gasteiger partial charge is 0.347 e. The molecule has 0 atom stereocenters. The molecule has 1 aromatic heterocycles. The minimum Gasteiger partial charge on any atom is -0.347 e. The quantitative estimate of drug-likeness (QED) is 0.489. The molecule has 1 fully saturated rings. The van der Waals surface area contributed by atoms with Gasteiger partial charge >= 0.3 is 6.18 Å². The highest BCUT2D eigenvalue weighted by atomic mass is 35.5. The Bertz CT molecular complexity index is 1230. The molecular formula is C25H25ClF3N3O2. The molecule has 180 valence electrons. The molecule has 1 aliphatic heterocycles. The number of hydrogen-bond donors (Lipinski definition) is 0. The van der Waals surface area contributed by atoms with Gasteiger partial charge in [-0.25, -0.2) is 0 Å². The Kier molecular flexibility index (Phi) is 6.62. The van der Waals surface area contributed by atoms with Gasteiger partial charge in [-0.1, -0.05) is 35.9 Å². The van der Waals surface area contributed by atoms with Gasteiger partial charge in [0.2, 0.25) is 5.91 Å². The van der Waals surface area contributed by atoms with Gasteiger partial charge in [-0.15, -0.1) is 0 Å². The molecule has 3 aromatic rings. The van der Waals surface area contributed by atoms with E-state index in [4.69, 9.17) is 11.6 Å². The maximum absolute atomic E-state index is 13.4. The van der Waals surface area contributed by atoms with Crippen molar-refractivity contribution < 1.29 is 22.8 Å². The van der Waals surface area contributed by atoms with Crippen molar-refractivity contribution in [2.45, 2.75) is 31.5 Å². The number of rotatable bonds is 4. The van der Waals surface area contributed by atoms with Gasteiger partial charge in [-0.2, -0.15) is 13.2 Å². The minimum absolute atomic E-state index is 0.0629. The first kappa shape index (κ1) is 24.1. The summed E-state index contributed by atoms with van der Waals surface area (Å²) in [4.78, 5) is 28.8. The van der Waals surface area contributed by atoms with Crippen LogP contribution in [0.4, 0.5) is 13.2 Å². The summed E-state index contributed by atoms with van der Waals surface area (Å²) in [6.07, 6.45) is -1.85. The number of halogens is 4. The number of hydrogen-bond acceptors (Lipinski definition) is 2. The Balaban J connectivity index is 1.56. The maximum atomic E-state index is 13.4. The van der Waals surface area contributed by atoms with E-state index < -0.39 is 11.7 Å². The van der Waals surface area contributed by atoms with E-state index in [-0.39, 0.29) is 29.8 Å². The number of amides is 2. The van der Waals surface area contributed by atoms with Crippen molar-refractivity contribution in [2.75, 3.05) is 27.2 Å². The molecule has 0 bridgehead atoms. The summed E-state index contributed by atoms with van der Waals surface area (Å²) < 4.78 is 42.0. The van der Waals surface area contributed by atoms with Crippen molar-refractivity contribution in [3.05, 3.63) is 70.4 Å². The summed E-state index contributed by atoms with van der Waals surface area (Å²) in [6, 6.07) is 10.8. The van der Waals surface area contributed by atoms with Crippen LogP contribution in [0.25, 0.3) is 10.9 Å². The zero-order valence-corrected chi connectivity index (χ0v) is 19.7. The van der Waals surface area contributed by atoms with E-state index in [1.165, 1.54) is 17.0 Å². The SMILES string of the molecule is CN(C)C(=O)Cn1cc(C(=O)N2CCC(c3ccccc3C(F)(F)F)CC2)c2ccc(Cl)cc21. The fraction of sp³-hybridized carbons (Fsp3) is 0.360. The van der Waals surface area contributed by atoms with E-state index in [1.54, 1.807) is 54.0 Å². The number of likely N-dealkylation sites (tertiary alicyclic amines) is 1. The molecule has 2 amide bonds. The molecule has 9 heteroatoms. The summed E-state index contributed by atoms with van der Waals surface area (Å²) in [5.41, 5.74) is 0.813. The van der Waals surface area contributed by atoms with Gasteiger partial charge in [-0.05, 0) is 42.5 Å². The van der Waals surface area contributed by atoms with Gasteiger partial charge in [0.15, 0.2) is 0 Å². The Hall–Kier alpha value is -3.00. The zero-order valence-electron chi connectivity index (χ0n) is 18.9. The van der Waals surface area contributed by atoms with E-state index in [9.17, 15) is 22.8 Å². The second-order valence-corrected chi connectivity index (χ2v) is 9.21. The first-order chi connectivity index (χ1) is 16.1. The van der Waals surface area contributed by atoms with Crippen LogP contribution in [0.3, 0.4) is 0 Å². The van der Waals surface area contributed by atoms with Crippen molar-refractivity contribution in [3.8, 4) is 0 Å². The van der Waals surface area contributed by atoms with Crippen LogP contribution in [-0.2, 0) is 17.5 Å². The number of likely N-dealkylation sites (N-methyl/N-ethyl adjacent to an activating group) is 1. The van der Waals surface area contributed by atoms with Gasteiger partial charge in [0, 0.05) is 43.8 Å². The molecule has 0 spiro atoms. The normalized spacial score (nSPS) is 15.1. The number of carbonyl (C=O) groups is 2. The lowest BCUT2D eigenvalue weighted by Crippen LogP contribution is -2.38. The summed E-state index contributed by atoms with van der Waals surface area (Å²) >= 11 is 6.16. The highest BCUT2D eigenvalue weighted by Gasteiger charge is 2.36. The van der Waals surface area contributed by atoms with Crippen LogP contribution in [-0.4, -0.2) is 53.4 Å². The Labute approximate surface area is 200 Å². The molecule has 4 rings (SSSR count). The highest BCUT2D eigenvalue weighted by molar-refractivity contribution is 6.31. The van der Waals surface area contributed by atoms with Crippen molar-refractivity contribution in [1.82, 2.24) is 14.4 Å². The Morgan fingerprint density at radius 2 is 1.76 bits per heavy atom. The summed E-state index contributed by atoms with van der Waals surface area (Å²) in [5, 5.41) is 1.18. The number of piperidine rings is 1. The molecule has 0 saturated carbocycles. The number of aromatic nitrogens is 1. The van der Waals surface area contributed by atoms with Crippen LogP contribution >= 0.6 is 11.6 Å². The van der Waals surface area contributed by atoms with Gasteiger partial charge in [0.05, 0.1) is 16.6 Å². The topological polar surface area (TPSA) is 45.6 Å². The molecule has 0 aliphatic carbocycles. The number of nitrogens with zero attached hydrogens (tertiary/aromatic N) is 3. The molecule has 34 heavy (non-hydrogen) atoms. The average Bonchev–Trinajstić information content (AvgIpc) is 3.15. The van der Waals surface area contributed by atoms with Gasteiger partial charge in [0.1, 0.15) is 6.54 Å². The van der Waals surface area contributed by atoms with Crippen molar-refractivity contribution in [1.29, 1.82) is 0 Å². The molecular weight excluding hydrogens is 467 g/mol. The minimum atomic E-state index is -4.41. The lowest BCUT2D eigenvalue weighted by atomic mass is 9.86. The number of benzene rings is 2. The Morgan fingerprint density at radius 1 is 1.09 bits per heavy atom. The summed E-state index contributed by atoms with van der Waals surface area (Å²) in [5.74, 6) is -0.592. The van der Waals surface area contributed by atoms with Crippen LogP contribution in [0.15, 0.2) is 48.7 Å². The second-order valence-electron chi connectivity index (χ2n) is 8.77. The lowest BCUT2D eigenvalue weighted by molar-refractivity contribution is -0.138. The molecule has 2 heterocycles. The van der Waals surface area contributed by atoms with Crippen LogP contribution < -0.4 is 0 Å². The first-order valence-electron chi connectivity index (χ1n) is 11.0. The first-order valence-corrected chi connectivity index (χ1v) is 11.4. The molecule has 1 aliphatic rings. The fourth-order valence-corrected chi connectivity index (χ4v) is 4.69. The van der Waals surface area contributed by atoms with Crippen LogP contribution in [0, 0.1) is 0 Å². The zero-order chi connectivity index (χ0) is 24.6. The van der Waals surface area contributed by atoms with E-state index in [1.807, 2.05) is 0 Å². The van der Waals surface area contributed by atoms with Gasteiger partial charge in [0.25, 0.3) is 5.91 Å². The lowest BCUT2D eigenvalue weighted by Gasteiger charge is -2.33. The van der Waals surface area contributed by atoms with E-state index in [0.29, 0.717) is 47.4 Å². The Morgan fingerprint density at radius 3 is 2.41 bits per heavy atom. The molecule has 0 N–H and O–H groups in total. The van der Waals surface area contributed by atoms with Gasteiger partial charge in [-0.3, -0.25) is 9.59 Å². The fourth-order valence-electron chi connectivity index (χ4n) is 4.53. The predicted molar refractivity (Wildman–Crippen MR) is 125 cm³/mol. The van der Waals surface area contributed by atoms with Crippen molar-refractivity contribution in [3.63, 3.8) is 0 Å². The third-order valence-corrected chi connectivity index (χ3v) is 6.60. The molecule has 2 aromatic carbocycles. The van der Waals surface area contributed by atoms with Crippen molar-refractivity contribution in [2.24, 2.45) is 0 Å². The largest absolute Gasteiger partial charge is 0.416 e. The van der Waals surface area contributed by atoms with Crippen LogP contribution in [0.2, 0.25) is 5.02 Å². The standard InChI is InChI=1S/C25H25ClF3N3O2/c1-30(2)23(33)15-32-14-20(19-8-7-17(26)13-22(19)32)24(34)31-11-9-16(10-12-31)18-5-3-4-6-21(18)25(27,28)29/h3-8,13-14,16H,9-12,15H2,1-2H3. The summed E-state index contributed by atoms with van der Waals surface area (Å²) in [7, 11) is 3.32. The van der Waals surface area contributed by atoms with E-state index >= 15 is 0 Å². The molecule has 0 unspecified atom stereocenters. The highest BCUT2D eigenvalue weighted by Crippen LogP contribution is 2.39. The molecule has 1 saturated heterocycles. The van der Waals surface area contributed by atoms with E-state index in [0.717, 1.165) is 6.07 Å². The van der Waals surface area contributed by atoms with Crippen LogP contribution in [0.1, 0.15) is 40.2 Å². The molecule has 0 radical (unpaired) electrons. The maximum Gasteiger partial charge on any atom is 0.416 e. The van der Waals surface area contributed by atoms with E-state index in [2.05, 4.69) is 0 Å². The monoisotopic (exact) mass is 491 g/mol. The van der Waals surface area contributed by atoms with Crippen LogP contribution in [0.5, 0.6) is 0 Å². The van der Waals surface area contributed by atoms with Gasteiger partial charge < -0.3 is 14.4 Å². The predicted octanol–water partition coefficient (Wildman–Crippen LogP) is 5.42. The second kappa shape index (κ2) is 9.33. The number of alkyl halides is 3. The number of fused-ring (bicyclic) bond motifs is 1. The third-order valence-electron chi connectivity index (χ3n) is 6.37. The molecule has 5 nitrogen and oxygen atoms in total. The van der Waals surface area contributed by atoms with Crippen molar-refractivity contribution >= 4 is 34.3 Å². The number of carbonyl (C=O) groups excluding carboxylic acids is 2. The summed E-state index contributed by atoms with van der Waals surface area (Å²) in [6.45, 7) is 0.770. The third kappa shape index (κ3) is 4.78.